The minimum Gasteiger partial charge on any atom is -0.492 e. The lowest BCUT2D eigenvalue weighted by molar-refractivity contribution is -0.141. The first-order chi connectivity index (χ1) is 13.4. The predicted molar refractivity (Wildman–Crippen MR) is 101 cm³/mol. The van der Waals surface area contributed by atoms with E-state index in [0.717, 1.165) is 16.7 Å². The van der Waals surface area contributed by atoms with Crippen LogP contribution < -0.4 is 4.74 Å². The van der Waals surface area contributed by atoms with E-state index in [9.17, 15) is 13.2 Å². The lowest BCUT2D eigenvalue weighted by Gasteiger charge is -2.11. The summed E-state index contributed by atoms with van der Waals surface area (Å²) < 4.78 is 46.4. The summed E-state index contributed by atoms with van der Waals surface area (Å²) in [5.74, 6) is 2.66. The minimum atomic E-state index is -4.51. The Morgan fingerprint density at radius 1 is 1.21 bits per heavy atom. The van der Waals surface area contributed by atoms with E-state index in [1.165, 1.54) is 19.0 Å². The Morgan fingerprint density at radius 3 is 2.68 bits per heavy atom. The summed E-state index contributed by atoms with van der Waals surface area (Å²) in [6.45, 7) is 2.72. The van der Waals surface area contributed by atoms with Gasteiger partial charge in [0, 0.05) is 11.9 Å². The van der Waals surface area contributed by atoms with Gasteiger partial charge in [-0.2, -0.15) is 13.2 Å². The first-order valence-electron chi connectivity index (χ1n) is 9.02. The summed E-state index contributed by atoms with van der Waals surface area (Å²) >= 11 is 1.60. The molecule has 3 aromatic rings. The molecule has 1 fully saturated rings. The number of fused-ring (bicyclic) bond motifs is 1. The van der Waals surface area contributed by atoms with Crippen molar-refractivity contribution in [2.24, 2.45) is 13.0 Å². The zero-order valence-electron chi connectivity index (χ0n) is 15.5. The average molecular weight is 408 g/mol. The lowest BCUT2D eigenvalue weighted by atomic mass is 10.3. The number of aromatic nitrogens is 4. The summed E-state index contributed by atoms with van der Waals surface area (Å²) in [5, 5.41) is 0. The molecule has 1 aliphatic carbocycles. The van der Waals surface area contributed by atoms with Gasteiger partial charge in [-0.15, -0.1) is 11.8 Å². The number of alkyl halides is 3. The molecule has 0 radical (unpaired) electrons. The molecular formula is C19H19F3N4OS. The molecule has 148 valence electrons. The number of nitrogens with zero attached hydrogens (tertiary/aromatic N) is 4. The molecular weight excluding hydrogens is 389 g/mol. The normalized spacial score (nSPS) is 14.6. The number of rotatable bonds is 6. The fraction of sp³-hybridized carbons (Fsp3) is 0.421. The smallest absolute Gasteiger partial charge is 0.433 e. The second-order valence-corrected chi connectivity index (χ2v) is 8.06. The molecule has 0 aliphatic heterocycles. The van der Waals surface area contributed by atoms with Gasteiger partial charge in [-0.05, 0) is 36.6 Å². The van der Waals surface area contributed by atoms with Gasteiger partial charge < -0.3 is 9.30 Å². The van der Waals surface area contributed by atoms with Crippen molar-refractivity contribution in [3.63, 3.8) is 0 Å². The Bertz CT molecular complexity index is 1010. The van der Waals surface area contributed by atoms with E-state index in [-0.39, 0.29) is 5.52 Å². The van der Waals surface area contributed by atoms with Crippen molar-refractivity contribution in [2.45, 2.75) is 30.8 Å². The number of pyridine rings is 2. The van der Waals surface area contributed by atoms with Crippen molar-refractivity contribution in [2.75, 3.05) is 12.4 Å². The molecule has 1 saturated carbocycles. The number of ether oxygens (including phenoxy) is 1. The molecule has 3 heterocycles. The molecule has 0 saturated heterocycles. The van der Waals surface area contributed by atoms with Gasteiger partial charge >= 0.3 is 6.18 Å². The highest BCUT2D eigenvalue weighted by Gasteiger charge is 2.33. The van der Waals surface area contributed by atoms with Gasteiger partial charge in [-0.3, -0.25) is 0 Å². The zero-order valence-corrected chi connectivity index (χ0v) is 16.3. The maximum atomic E-state index is 13.0. The van der Waals surface area contributed by atoms with Gasteiger partial charge in [0.2, 0.25) is 0 Å². The summed E-state index contributed by atoms with van der Waals surface area (Å²) in [6.07, 6.45) is 0.754. The number of imidazole rings is 1. The molecule has 0 atom stereocenters. The van der Waals surface area contributed by atoms with Crippen LogP contribution in [-0.2, 0) is 13.2 Å². The SMILES string of the molecule is CCSc1cc(OCC2CC2)cnc1-c1nc2cc(C(F)(F)F)ncc2n1C. The van der Waals surface area contributed by atoms with Gasteiger partial charge in [0.25, 0.3) is 0 Å². The highest BCUT2D eigenvalue weighted by molar-refractivity contribution is 7.99. The van der Waals surface area contributed by atoms with Gasteiger partial charge in [-0.25, -0.2) is 15.0 Å². The summed E-state index contributed by atoms with van der Waals surface area (Å²) in [4.78, 5) is 13.4. The van der Waals surface area contributed by atoms with Gasteiger partial charge in [0.1, 0.15) is 17.1 Å². The molecule has 4 rings (SSSR count). The minimum absolute atomic E-state index is 0.239. The zero-order chi connectivity index (χ0) is 19.9. The van der Waals surface area contributed by atoms with Crippen LogP contribution in [0.15, 0.2) is 29.4 Å². The monoisotopic (exact) mass is 408 g/mol. The van der Waals surface area contributed by atoms with Crippen LogP contribution in [0.4, 0.5) is 13.2 Å². The Labute approximate surface area is 164 Å². The standard InChI is InChI=1S/C19H19F3N4OS/c1-3-28-15-6-12(27-10-11-4-5-11)8-24-17(15)18-25-13-7-16(19(20,21)22)23-9-14(13)26(18)2/h6-9,11H,3-5,10H2,1-2H3. The first kappa shape index (κ1) is 19.0. The Hall–Kier alpha value is -2.29. The summed E-state index contributed by atoms with van der Waals surface area (Å²) in [7, 11) is 1.75. The van der Waals surface area contributed by atoms with E-state index in [1.807, 2.05) is 13.0 Å². The number of thioether (sulfide) groups is 1. The van der Waals surface area contributed by atoms with E-state index in [1.54, 1.807) is 29.6 Å². The third-order valence-corrected chi connectivity index (χ3v) is 5.49. The predicted octanol–water partition coefficient (Wildman–Crippen LogP) is 4.95. The summed E-state index contributed by atoms with van der Waals surface area (Å²) in [5.41, 5.74) is 0.428. The fourth-order valence-corrected chi connectivity index (χ4v) is 3.68. The van der Waals surface area contributed by atoms with Crippen LogP contribution in [0.1, 0.15) is 25.5 Å². The third kappa shape index (κ3) is 3.80. The average Bonchev–Trinajstić information content (AvgIpc) is 3.43. The van der Waals surface area contributed by atoms with Crippen LogP contribution in [0.3, 0.4) is 0 Å². The number of hydrogen-bond acceptors (Lipinski definition) is 5. The molecule has 0 amide bonds. The largest absolute Gasteiger partial charge is 0.492 e. The maximum absolute atomic E-state index is 13.0. The van der Waals surface area contributed by atoms with Crippen LogP contribution in [0.5, 0.6) is 5.75 Å². The van der Waals surface area contributed by atoms with Crippen LogP contribution in [-0.4, -0.2) is 31.9 Å². The molecule has 28 heavy (non-hydrogen) atoms. The Balaban J connectivity index is 1.74. The Kier molecular flexibility index (Phi) is 4.95. The molecule has 5 nitrogen and oxygen atoms in total. The van der Waals surface area contributed by atoms with Crippen LogP contribution in [0.2, 0.25) is 0 Å². The van der Waals surface area contributed by atoms with Crippen LogP contribution >= 0.6 is 11.8 Å². The van der Waals surface area contributed by atoms with Crippen molar-refractivity contribution in [3.05, 3.63) is 30.2 Å². The number of halogens is 3. The van der Waals surface area contributed by atoms with Crippen molar-refractivity contribution in [3.8, 4) is 17.3 Å². The third-order valence-electron chi connectivity index (χ3n) is 4.58. The van der Waals surface area contributed by atoms with Crippen molar-refractivity contribution in [1.29, 1.82) is 0 Å². The Morgan fingerprint density at radius 2 is 2.00 bits per heavy atom. The molecule has 0 bridgehead atoms. The maximum Gasteiger partial charge on any atom is 0.433 e. The second kappa shape index (κ2) is 7.27. The first-order valence-corrected chi connectivity index (χ1v) is 10.0. The molecule has 0 aromatic carbocycles. The van der Waals surface area contributed by atoms with E-state index in [2.05, 4.69) is 15.0 Å². The molecule has 3 aromatic heterocycles. The van der Waals surface area contributed by atoms with Crippen molar-refractivity contribution < 1.29 is 17.9 Å². The van der Waals surface area contributed by atoms with E-state index in [4.69, 9.17) is 4.74 Å². The fourth-order valence-electron chi connectivity index (χ4n) is 2.89. The quantitative estimate of drug-likeness (QED) is 0.540. The lowest BCUT2D eigenvalue weighted by Crippen LogP contribution is -2.07. The summed E-state index contributed by atoms with van der Waals surface area (Å²) in [6, 6.07) is 2.90. The second-order valence-electron chi connectivity index (χ2n) is 6.76. The van der Waals surface area contributed by atoms with E-state index in [0.29, 0.717) is 35.3 Å². The molecule has 0 unspecified atom stereocenters. The highest BCUT2D eigenvalue weighted by atomic mass is 32.2. The van der Waals surface area contributed by atoms with Crippen LogP contribution in [0.25, 0.3) is 22.6 Å². The topological polar surface area (TPSA) is 52.8 Å². The van der Waals surface area contributed by atoms with Gasteiger partial charge in [0.15, 0.2) is 5.82 Å². The highest BCUT2D eigenvalue weighted by Crippen LogP contribution is 2.35. The molecule has 0 N–H and O–H groups in total. The van der Waals surface area contributed by atoms with E-state index >= 15 is 0 Å². The molecule has 9 heteroatoms. The van der Waals surface area contributed by atoms with Gasteiger partial charge in [0.05, 0.1) is 30.0 Å². The van der Waals surface area contributed by atoms with Crippen molar-refractivity contribution in [1.82, 2.24) is 19.5 Å². The molecule has 1 aliphatic rings. The number of aryl methyl sites for hydroxylation is 1. The number of hydrogen-bond donors (Lipinski definition) is 0. The van der Waals surface area contributed by atoms with Crippen LogP contribution in [0, 0.1) is 5.92 Å². The van der Waals surface area contributed by atoms with Gasteiger partial charge in [-0.1, -0.05) is 6.92 Å². The molecule has 0 spiro atoms. The van der Waals surface area contributed by atoms with E-state index < -0.39 is 11.9 Å². The van der Waals surface area contributed by atoms with Crippen molar-refractivity contribution >= 4 is 22.8 Å².